The Morgan fingerprint density at radius 2 is 2.11 bits per heavy atom. The van der Waals surface area contributed by atoms with E-state index in [1.54, 1.807) is 17.2 Å². The molecule has 0 saturated heterocycles. The van der Waals surface area contributed by atoms with Gasteiger partial charge in [0, 0.05) is 4.91 Å². The standard InChI is InChI=1S/C13H15N3O2S/c17-19(18,11-6-2-1-3-7-11)10-16-13-9-5-4-8-12(13)14-15-16/h1-2,4-6,8-9,14-15H,3,7,10H2. The number of benzene rings is 1. The molecule has 0 bridgehead atoms. The molecule has 19 heavy (non-hydrogen) atoms. The van der Waals surface area contributed by atoms with Gasteiger partial charge in [0.25, 0.3) is 0 Å². The summed E-state index contributed by atoms with van der Waals surface area (Å²) in [6.07, 6.45) is 6.84. The molecule has 2 N–H and O–H groups in total. The molecule has 5 nitrogen and oxygen atoms in total. The van der Waals surface area contributed by atoms with Crippen LogP contribution in [-0.2, 0) is 9.84 Å². The Hall–Kier alpha value is -1.79. The monoisotopic (exact) mass is 277 g/mol. The highest BCUT2D eigenvalue weighted by Gasteiger charge is 2.26. The van der Waals surface area contributed by atoms with Gasteiger partial charge >= 0.3 is 0 Å². The molecule has 1 aromatic carbocycles. The maximum atomic E-state index is 12.3. The van der Waals surface area contributed by atoms with Crippen molar-refractivity contribution in [3.05, 3.63) is 47.4 Å². The fourth-order valence-corrected chi connectivity index (χ4v) is 3.62. The van der Waals surface area contributed by atoms with Gasteiger partial charge in [-0.15, -0.1) is 5.53 Å². The number of allylic oxidation sites excluding steroid dienone is 4. The highest BCUT2D eigenvalue weighted by Crippen LogP contribution is 2.29. The predicted molar refractivity (Wildman–Crippen MR) is 75.9 cm³/mol. The van der Waals surface area contributed by atoms with Crippen LogP contribution in [0, 0.1) is 0 Å². The van der Waals surface area contributed by atoms with Crippen LogP contribution in [0.1, 0.15) is 12.8 Å². The minimum atomic E-state index is -3.28. The number of para-hydroxylation sites is 2. The molecule has 0 unspecified atom stereocenters. The fourth-order valence-electron chi connectivity index (χ4n) is 2.20. The van der Waals surface area contributed by atoms with Gasteiger partial charge in [-0.25, -0.2) is 8.42 Å². The molecule has 1 aromatic rings. The average Bonchev–Trinajstić information content (AvgIpc) is 2.83. The molecule has 1 aliphatic carbocycles. The second-order valence-corrected chi connectivity index (χ2v) is 6.54. The Morgan fingerprint density at radius 3 is 2.89 bits per heavy atom. The van der Waals surface area contributed by atoms with E-state index in [-0.39, 0.29) is 5.88 Å². The van der Waals surface area contributed by atoms with E-state index in [2.05, 4.69) is 11.0 Å². The van der Waals surface area contributed by atoms with Crippen LogP contribution in [-0.4, -0.2) is 14.3 Å². The third kappa shape index (κ3) is 2.36. The summed E-state index contributed by atoms with van der Waals surface area (Å²) in [5.74, 6) is -0.0727. The summed E-state index contributed by atoms with van der Waals surface area (Å²) in [5.41, 5.74) is 7.56. The zero-order valence-corrected chi connectivity index (χ0v) is 11.2. The third-order valence-corrected chi connectivity index (χ3v) is 4.93. The summed E-state index contributed by atoms with van der Waals surface area (Å²) in [5, 5.41) is 1.61. The highest BCUT2D eigenvalue weighted by atomic mass is 32.2. The number of hydrogen-bond donors (Lipinski definition) is 2. The van der Waals surface area contributed by atoms with Crippen molar-refractivity contribution in [3.8, 4) is 0 Å². The molecule has 0 spiro atoms. The van der Waals surface area contributed by atoms with Crippen molar-refractivity contribution in [2.24, 2.45) is 0 Å². The SMILES string of the molecule is O=S(=O)(CN1NNc2ccccc21)C1=CC=CCC1. The lowest BCUT2D eigenvalue weighted by Gasteiger charge is -2.19. The van der Waals surface area contributed by atoms with Crippen molar-refractivity contribution >= 4 is 21.2 Å². The predicted octanol–water partition coefficient (Wildman–Crippen LogP) is 1.94. The Labute approximate surface area is 112 Å². The van der Waals surface area contributed by atoms with Crippen LogP contribution in [0.3, 0.4) is 0 Å². The van der Waals surface area contributed by atoms with Crippen molar-refractivity contribution in [1.29, 1.82) is 0 Å². The van der Waals surface area contributed by atoms with Crippen LogP contribution in [0.5, 0.6) is 0 Å². The second-order valence-electron chi connectivity index (χ2n) is 4.53. The van der Waals surface area contributed by atoms with E-state index in [1.165, 1.54) is 0 Å². The summed E-state index contributed by atoms with van der Waals surface area (Å²) in [6, 6.07) is 7.57. The minimum absolute atomic E-state index is 0.0727. The van der Waals surface area contributed by atoms with Crippen molar-refractivity contribution in [2.45, 2.75) is 12.8 Å². The molecule has 0 amide bonds. The van der Waals surface area contributed by atoms with Crippen LogP contribution in [0.15, 0.2) is 47.4 Å². The number of hydrogen-bond acceptors (Lipinski definition) is 5. The van der Waals surface area contributed by atoms with Gasteiger partial charge in [0.1, 0.15) is 5.88 Å². The van der Waals surface area contributed by atoms with Crippen molar-refractivity contribution in [3.63, 3.8) is 0 Å². The number of rotatable bonds is 3. The first kappa shape index (κ1) is 12.3. The maximum absolute atomic E-state index is 12.3. The largest absolute Gasteiger partial charge is 0.302 e. The highest BCUT2D eigenvalue weighted by molar-refractivity contribution is 7.95. The van der Waals surface area contributed by atoms with E-state index in [0.717, 1.165) is 17.8 Å². The molecule has 1 aliphatic heterocycles. The normalized spacial score (nSPS) is 17.9. The van der Waals surface area contributed by atoms with E-state index < -0.39 is 9.84 Å². The van der Waals surface area contributed by atoms with E-state index >= 15 is 0 Å². The van der Waals surface area contributed by atoms with Gasteiger partial charge in [0.2, 0.25) is 0 Å². The molecule has 3 rings (SSSR count). The van der Waals surface area contributed by atoms with Gasteiger partial charge in [-0.3, -0.25) is 5.01 Å². The molecule has 2 aliphatic rings. The van der Waals surface area contributed by atoms with E-state index in [9.17, 15) is 8.42 Å². The lowest BCUT2D eigenvalue weighted by atomic mass is 10.2. The fraction of sp³-hybridized carbons (Fsp3) is 0.231. The Bertz CT molecular complexity index is 650. The average molecular weight is 277 g/mol. The number of nitrogens with zero attached hydrogens (tertiary/aromatic N) is 1. The smallest absolute Gasteiger partial charge is 0.194 e. The van der Waals surface area contributed by atoms with Crippen LogP contribution in [0.25, 0.3) is 0 Å². The molecular formula is C13H15N3O2S. The first-order chi connectivity index (χ1) is 9.17. The number of nitrogens with one attached hydrogen (secondary N) is 2. The van der Waals surface area contributed by atoms with Gasteiger partial charge < -0.3 is 5.43 Å². The number of sulfone groups is 1. The quantitative estimate of drug-likeness (QED) is 0.884. The Morgan fingerprint density at radius 1 is 1.26 bits per heavy atom. The van der Waals surface area contributed by atoms with E-state index in [0.29, 0.717) is 11.3 Å². The number of anilines is 2. The zero-order valence-electron chi connectivity index (χ0n) is 10.3. The minimum Gasteiger partial charge on any atom is -0.302 e. The van der Waals surface area contributed by atoms with Crippen molar-refractivity contribution in [2.75, 3.05) is 16.3 Å². The zero-order chi connectivity index (χ0) is 13.3. The van der Waals surface area contributed by atoms with Crippen LogP contribution < -0.4 is 16.0 Å². The van der Waals surface area contributed by atoms with Gasteiger partial charge in [-0.1, -0.05) is 24.3 Å². The first-order valence-electron chi connectivity index (χ1n) is 6.13. The maximum Gasteiger partial charge on any atom is 0.194 e. The van der Waals surface area contributed by atoms with E-state index in [1.807, 2.05) is 30.3 Å². The van der Waals surface area contributed by atoms with Gasteiger partial charge in [0.05, 0.1) is 11.4 Å². The molecule has 0 saturated carbocycles. The first-order valence-corrected chi connectivity index (χ1v) is 7.79. The summed E-state index contributed by atoms with van der Waals surface area (Å²) in [4.78, 5) is 0.501. The summed E-state index contributed by atoms with van der Waals surface area (Å²) in [7, 11) is -3.28. The molecule has 0 fully saturated rings. The number of fused-ring (bicyclic) bond motifs is 1. The Balaban J connectivity index is 1.83. The molecular weight excluding hydrogens is 262 g/mol. The Kier molecular flexibility index (Phi) is 3.04. The lowest BCUT2D eigenvalue weighted by Crippen LogP contribution is -2.40. The van der Waals surface area contributed by atoms with Crippen LogP contribution in [0.2, 0.25) is 0 Å². The van der Waals surface area contributed by atoms with Crippen LogP contribution in [0.4, 0.5) is 11.4 Å². The van der Waals surface area contributed by atoms with E-state index in [4.69, 9.17) is 0 Å². The molecule has 6 heteroatoms. The second kappa shape index (κ2) is 4.71. The van der Waals surface area contributed by atoms with Crippen LogP contribution >= 0.6 is 0 Å². The molecule has 1 heterocycles. The third-order valence-electron chi connectivity index (χ3n) is 3.19. The van der Waals surface area contributed by atoms with Crippen molar-refractivity contribution in [1.82, 2.24) is 5.53 Å². The molecule has 0 radical (unpaired) electrons. The van der Waals surface area contributed by atoms with Gasteiger partial charge in [0.15, 0.2) is 9.84 Å². The molecule has 0 aromatic heterocycles. The summed E-state index contributed by atoms with van der Waals surface area (Å²) >= 11 is 0. The summed E-state index contributed by atoms with van der Waals surface area (Å²) in [6.45, 7) is 0. The topological polar surface area (TPSA) is 61.4 Å². The summed E-state index contributed by atoms with van der Waals surface area (Å²) < 4.78 is 24.7. The van der Waals surface area contributed by atoms with Crippen molar-refractivity contribution < 1.29 is 8.42 Å². The molecule has 100 valence electrons. The molecule has 0 atom stereocenters. The number of hydrazine groups is 2. The van der Waals surface area contributed by atoms with Gasteiger partial charge in [-0.05, 0) is 31.1 Å². The lowest BCUT2D eigenvalue weighted by molar-refractivity contribution is 0.594. The van der Waals surface area contributed by atoms with Gasteiger partial charge in [-0.2, -0.15) is 0 Å².